The molecule has 0 aromatic carbocycles. The highest BCUT2D eigenvalue weighted by Gasteiger charge is 2.40. The van der Waals surface area contributed by atoms with E-state index in [0.717, 1.165) is 38.5 Å². The number of hydrogen-bond acceptors (Lipinski definition) is 4. The molecule has 120 valence electrons. The van der Waals surface area contributed by atoms with Gasteiger partial charge in [0.2, 0.25) is 5.91 Å². The van der Waals surface area contributed by atoms with E-state index in [0.29, 0.717) is 12.8 Å². The fourth-order valence-corrected chi connectivity index (χ4v) is 3.03. The Balaban J connectivity index is 1.76. The van der Waals surface area contributed by atoms with E-state index in [1.165, 1.54) is 0 Å². The minimum Gasteiger partial charge on any atom is -0.366 e. The molecule has 0 radical (unpaired) electrons. The van der Waals surface area contributed by atoms with Crippen LogP contribution in [0.5, 0.6) is 0 Å². The van der Waals surface area contributed by atoms with Gasteiger partial charge in [-0.25, -0.2) is 9.97 Å². The molecular formula is C14H17F3N4O. The van der Waals surface area contributed by atoms with Crippen LogP contribution < -0.4 is 5.32 Å². The Labute approximate surface area is 125 Å². The summed E-state index contributed by atoms with van der Waals surface area (Å²) in [6.07, 6.45) is 0.536. The number of alkyl halides is 3. The van der Waals surface area contributed by atoms with E-state index < -0.39 is 11.7 Å². The van der Waals surface area contributed by atoms with Gasteiger partial charge in [-0.05, 0) is 19.3 Å². The van der Waals surface area contributed by atoms with E-state index in [1.54, 1.807) is 4.90 Å². The van der Waals surface area contributed by atoms with Crippen LogP contribution in [0.3, 0.4) is 0 Å². The van der Waals surface area contributed by atoms with E-state index in [1.807, 2.05) is 0 Å². The second kappa shape index (κ2) is 5.73. The molecule has 1 aromatic heterocycles. The Bertz CT molecular complexity index is 559. The van der Waals surface area contributed by atoms with Crippen molar-refractivity contribution in [2.45, 2.75) is 37.9 Å². The standard InChI is InChI=1S/C14H17F3N4O/c15-14(16,17)10-7-18-8-19-12(10)20-11-4-1-3-9(11)13(22)21-5-2-6-21/h7-9,11H,1-6H2,(H,18,19,20)/t9-,11+/m0/s1. The lowest BCUT2D eigenvalue weighted by Gasteiger charge is -2.35. The minimum absolute atomic E-state index is 0.0452. The summed E-state index contributed by atoms with van der Waals surface area (Å²) >= 11 is 0. The van der Waals surface area contributed by atoms with Crippen molar-refractivity contribution in [2.75, 3.05) is 18.4 Å². The number of rotatable bonds is 3. The lowest BCUT2D eigenvalue weighted by molar-refractivity contribution is -0.139. The van der Waals surface area contributed by atoms with Crippen LogP contribution in [-0.4, -0.2) is 39.9 Å². The summed E-state index contributed by atoms with van der Waals surface area (Å²) < 4.78 is 38.9. The largest absolute Gasteiger partial charge is 0.421 e. The molecule has 1 aliphatic heterocycles. The summed E-state index contributed by atoms with van der Waals surface area (Å²) in [7, 11) is 0. The maximum absolute atomic E-state index is 13.0. The molecule has 22 heavy (non-hydrogen) atoms. The van der Waals surface area contributed by atoms with Crippen molar-refractivity contribution < 1.29 is 18.0 Å². The molecule has 2 fully saturated rings. The van der Waals surface area contributed by atoms with Crippen molar-refractivity contribution in [3.05, 3.63) is 18.1 Å². The van der Waals surface area contributed by atoms with Crippen molar-refractivity contribution in [3.63, 3.8) is 0 Å². The number of anilines is 1. The monoisotopic (exact) mass is 314 g/mol. The summed E-state index contributed by atoms with van der Waals surface area (Å²) in [4.78, 5) is 21.3. The second-order valence-corrected chi connectivity index (χ2v) is 5.75. The summed E-state index contributed by atoms with van der Waals surface area (Å²) in [6.45, 7) is 1.51. The van der Waals surface area contributed by atoms with Gasteiger partial charge < -0.3 is 10.2 Å². The number of hydrogen-bond donors (Lipinski definition) is 1. The van der Waals surface area contributed by atoms with Crippen LogP contribution in [0.2, 0.25) is 0 Å². The third-order valence-corrected chi connectivity index (χ3v) is 4.34. The molecule has 1 N–H and O–H groups in total. The molecule has 1 amide bonds. The summed E-state index contributed by atoms with van der Waals surface area (Å²) in [5, 5.41) is 2.83. The normalized spacial score (nSPS) is 25.0. The van der Waals surface area contributed by atoms with Crippen molar-refractivity contribution >= 4 is 11.7 Å². The SMILES string of the molecule is O=C([C@H]1CCC[C@H]1Nc1ncncc1C(F)(F)F)N1CCC1. The average molecular weight is 314 g/mol. The van der Waals surface area contributed by atoms with Gasteiger partial charge in [-0.1, -0.05) is 6.42 Å². The predicted molar refractivity (Wildman–Crippen MR) is 73.0 cm³/mol. The van der Waals surface area contributed by atoms with Gasteiger partial charge in [-0.3, -0.25) is 4.79 Å². The number of carbonyl (C=O) groups is 1. The first kappa shape index (κ1) is 15.1. The van der Waals surface area contributed by atoms with E-state index in [4.69, 9.17) is 0 Å². The molecule has 0 bridgehead atoms. The molecule has 2 heterocycles. The second-order valence-electron chi connectivity index (χ2n) is 5.75. The van der Waals surface area contributed by atoms with Crippen LogP contribution in [0, 0.1) is 5.92 Å². The van der Waals surface area contributed by atoms with Gasteiger partial charge in [0.15, 0.2) is 0 Å². The third kappa shape index (κ3) is 2.86. The van der Waals surface area contributed by atoms with E-state index in [9.17, 15) is 18.0 Å². The Kier molecular flexibility index (Phi) is 3.92. The van der Waals surface area contributed by atoms with Gasteiger partial charge in [0.25, 0.3) is 0 Å². The zero-order valence-corrected chi connectivity index (χ0v) is 11.9. The molecule has 1 saturated heterocycles. The Morgan fingerprint density at radius 2 is 2.05 bits per heavy atom. The van der Waals surface area contributed by atoms with Crippen LogP contribution in [0.1, 0.15) is 31.2 Å². The zero-order valence-electron chi connectivity index (χ0n) is 11.9. The van der Waals surface area contributed by atoms with Gasteiger partial charge >= 0.3 is 6.18 Å². The van der Waals surface area contributed by atoms with Crippen LogP contribution >= 0.6 is 0 Å². The highest BCUT2D eigenvalue weighted by Crippen LogP contribution is 2.36. The fraction of sp³-hybridized carbons (Fsp3) is 0.643. The van der Waals surface area contributed by atoms with E-state index >= 15 is 0 Å². The molecule has 8 heteroatoms. The van der Waals surface area contributed by atoms with E-state index in [-0.39, 0.29) is 23.7 Å². The highest BCUT2D eigenvalue weighted by atomic mass is 19.4. The first-order chi connectivity index (χ1) is 10.5. The number of amides is 1. The van der Waals surface area contributed by atoms with Crippen molar-refractivity contribution in [3.8, 4) is 0 Å². The number of nitrogens with one attached hydrogen (secondary N) is 1. The predicted octanol–water partition coefficient (Wildman–Crippen LogP) is 2.31. The summed E-state index contributed by atoms with van der Waals surface area (Å²) in [5.41, 5.74) is -0.892. The molecule has 0 unspecified atom stereocenters. The fourth-order valence-electron chi connectivity index (χ4n) is 3.03. The molecule has 1 aromatic rings. The Morgan fingerprint density at radius 1 is 1.27 bits per heavy atom. The van der Waals surface area contributed by atoms with Crippen molar-refractivity contribution in [2.24, 2.45) is 5.92 Å². The average Bonchev–Trinajstić information content (AvgIpc) is 2.84. The van der Waals surface area contributed by atoms with Crippen molar-refractivity contribution in [1.82, 2.24) is 14.9 Å². The maximum atomic E-state index is 13.0. The topological polar surface area (TPSA) is 58.1 Å². The van der Waals surface area contributed by atoms with Crippen LogP contribution in [0.4, 0.5) is 19.0 Å². The van der Waals surface area contributed by atoms with Crippen LogP contribution in [0.25, 0.3) is 0 Å². The number of halogens is 3. The molecule has 0 spiro atoms. The zero-order chi connectivity index (χ0) is 15.7. The molecule has 3 rings (SSSR count). The van der Waals surface area contributed by atoms with Gasteiger partial charge in [0.05, 0.1) is 5.92 Å². The van der Waals surface area contributed by atoms with Gasteiger partial charge in [-0.2, -0.15) is 13.2 Å². The summed E-state index contributed by atoms with van der Waals surface area (Å²) in [5.74, 6) is -0.462. The number of aromatic nitrogens is 2. The third-order valence-electron chi connectivity index (χ3n) is 4.34. The molecule has 1 saturated carbocycles. The Hall–Kier alpha value is -1.86. The maximum Gasteiger partial charge on any atom is 0.421 e. The van der Waals surface area contributed by atoms with Gasteiger partial charge in [-0.15, -0.1) is 0 Å². The molecule has 1 aliphatic carbocycles. The number of nitrogens with zero attached hydrogens (tertiary/aromatic N) is 3. The lowest BCUT2D eigenvalue weighted by atomic mass is 9.99. The number of carbonyl (C=O) groups excluding carboxylic acids is 1. The minimum atomic E-state index is -4.51. The number of likely N-dealkylation sites (tertiary alicyclic amines) is 1. The quantitative estimate of drug-likeness (QED) is 0.930. The first-order valence-electron chi connectivity index (χ1n) is 7.39. The Morgan fingerprint density at radius 3 is 2.68 bits per heavy atom. The van der Waals surface area contributed by atoms with Gasteiger partial charge in [0.1, 0.15) is 17.7 Å². The van der Waals surface area contributed by atoms with Crippen LogP contribution in [0.15, 0.2) is 12.5 Å². The molecule has 5 nitrogen and oxygen atoms in total. The van der Waals surface area contributed by atoms with Gasteiger partial charge in [0, 0.05) is 25.3 Å². The molecular weight excluding hydrogens is 297 g/mol. The summed E-state index contributed by atoms with van der Waals surface area (Å²) in [6, 6.07) is -0.302. The van der Waals surface area contributed by atoms with Crippen LogP contribution in [-0.2, 0) is 11.0 Å². The van der Waals surface area contributed by atoms with E-state index in [2.05, 4.69) is 15.3 Å². The molecule has 2 aliphatic rings. The van der Waals surface area contributed by atoms with Crippen molar-refractivity contribution in [1.29, 1.82) is 0 Å². The highest BCUT2D eigenvalue weighted by molar-refractivity contribution is 5.81. The lowest BCUT2D eigenvalue weighted by Crippen LogP contribution is -2.48. The first-order valence-corrected chi connectivity index (χ1v) is 7.39. The molecule has 2 atom stereocenters. The smallest absolute Gasteiger partial charge is 0.366 e.